The molecule has 5 heteroatoms. The number of hydrogen-bond donors (Lipinski definition) is 1. The Morgan fingerprint density at radius 2 is 2.07 bits per heavy atom. The summed E-state index contributed by atoms with van der Waals surface area (Å²) < 4.78 is 25.8. The first-order valence-corrected chi connectivity index (χ1v) is 6.93. The summed E-state index contributed by atoms with van der Waals surface area (Å²) in [6.45, 7) is 7.83. The molecule has 0 spiro atoms. The van der Waals surface area contributed by atoms with Crippen LogP contribution >= 0.6 is 0 Å². The average Bonchev–Trinajstić information content (AvgIpc) is 2.47. The molecule has 1 N–H and O–H groups in total. The predicted octanol–water partition coefficient (Wildman–Crippen LogP) is 0.656. The van der Waals surface area contributed by atoms with Crippen LogP contribution in [0.25, 0.3) is 0 Å². The summed E-state index contributed by atoms with van der Waals surface area (Å²) in [4.78, 5) is 0. The van der Waals surface area contributed by atoms with E-state index in [0.717, 1.165) is 6.42 Å². The maximum absolute atomic E-state index is 12.1. The van der Waals surface area contributed by atoms with Gasteiger partial charge >= 0.3 is 0 Å². The molecule has 90 valence electrons. The molecule has 0 aliphatic carbocycles. The Hall–Kier alpha value is -0.130. The van der Waals surface area contributed by atoms with Crippen molar-refractivity contribution in [2.45, 2.75) is 32.4 Å². The minimum Gasteiger partial charge on any atom is -0.318 e. The second kappa shape index (κ2) is 4.39. The van der Waals surface area contributed by atoms with Crippen molar-refractivity contribution in [1.82, 2.24) is 9.62 Å². The van der Waals surface area contributed by atoms with E-state index in [0.29, 0.717) is 19.6 Å². The van der Waals surface area contributed by atoms with Gasteiger partial charge in [0.25, 0.3) is 0 Å². The molecule has 4 nitrogen and oxygen atoms in total. The van der Waals surface area contributed by atoms with E-state index >= 15 is 0 Å². The Labute approximate surface area is 93.1 Å². The van der Waals surface area contributed by atoms with Crippen LogP contribution in [-0.4, -0.2) is 44.7 Å². The topological polar surface area (TPSA) is 49.4 Å². The molecule has 0 bridgehead atoms. The fourth-order valence-corrected chi connectivity index (χ4v) is 3.69. The highest BCUT2D eigenvalue weighted by atomic mass is 32.2. The van der Waals surface area contributed by atoms with Gasteiger partial charge in [0.1, 0.15) is 0 Å². The summed E-state index contributed by atoms with van der Waals surface area (Å²) in [5.74, 6) is 0. The summed E-state index contributed by atoms with van der Waals surface area (Å²) >= 11 is 0. The van der Waals surface area contributed by atoms with Crippen LogP contribution in [0.4, 0.5) is 0 Å². The molecule has 15 heavy (non-hydrogen) atoms. The molecule has 1 saturated heterocycles. The summed E-state index contributed by atoms with van der Waals surface area (Å²) in [6, 6.07) is 0. The Bertz CT molecular complexity index is 311. The highest BCUT2D eigenvalue weighted by Gasteiger charge is 2.38. The van der Waals surface area contributed by atoms with Crippen molar-refractivity contribution < 1.29 is 8.42 Å². The number of hydrogen-bond acceptors (Lipinski definition) is 3. The summed E-state index contributed by atoms with van der Waals surface area (Å²) in [7, 11) is -1.32. The van der Waals surface area contributed by atoms with Gasteiger partial charge in [0.05, 0.1) is 5.25 Å². The first-order chi connectivity index (χ1) is 6.79. The van der Waals surface area contributed by atoms with E-state index in [9.17, 15) is 8.42 Å². The van der Waals surface area contributed by atoms with E-state index in [-0.39, 0.29) is 10.7 Å². The van der Waals surface area contributed by atoms with Gasteiger partial charge in [-0.25, -0.2) is 12.7 Å². The molecule has 0 aromatic rings. The van der Waals surface area contributed by atoms with E-state index < -0.39 is 10.0 Å². The highest BCUT2D eigenvalue weighted by molar-refractivity contribution is 7.89. The predicted molar refractivity (Wildman–Crippen MR) is 62.3 cm³/mol. The van der Waals surface area contributed by atoms with Gasteiger partial charge in [0, 0.05) is 19.6 Å². The second-order valence-corrected chi connectivity index (χ2v) is 7.51. The van der Waals surface area contributed by atoms with Gasteiger partial charge in [-0.2, -0.15) is 0 Å². The van der Waals surface area contributed by atoms with Gasteiger partial charge < -0.3 is 5.32 Å². The zero-order chi connectivity index (χ0) is 11.7. The lowest BCUT2D eigenvalue weighted by molar-refractivity contribution is 0.373. The number of nitrogens with one attached hydrogen (secondary N) is 1. The van der Waals surface area contributed by atoms with Crippen LogP contribution in [-0.2, 0) is 10.0 Å². The van der Waals surface area contributed by atoms with Gasteiger partial charge in [-0.05, 0) is 25.8 Å². The molecule has 1 atom stereocenters. The Balaban J connectivity index is 2.72. The quantitative estimate of drug-likeness (QED) is 0.777. The van der Waals surface area contributed by atoms with Crippen molar-refractivity contribution in [2.24, 2.45) is 5.41 Å². The number of rotatable bonds is 4. The van der Waals surface area contributed by atoms with Gasteiger partial charge in [-0.1, -0.05) is 13.8 Å². The molecular weight excluding hydrogens is 212 g/mol. The molecule has 1 fully saturated rings. The Morgan fingerprint density at radius 3 is 2.47 bits per heavy atom. The van der Waals surface area contributed by atoms with Crippen LogP contribution < -0.4 is 5.32 Å². The number of sulfonamides is 1. The van der Waals surface area contributed by atoms with E-state index in [4.69, 9.17) is 0 Å². The first kappa shape index (κ1) is 12.9. The summed E-state index contributed by atoms with van der Waals surface area (Å²) in [6.07, 6.45) is 0.957. The van der Waals surface area contributed by atoms with E-state index in [2.05, 4.69) is 19.2 Å². The molecular formula is C10H22N2O2S. The SMILES string of the molecule is CNCC(C)S(=O)(=O)N1CCC(C)(C)C1. The fourth-order valence-electron chi connectivity index (χ4n) is 1.93. The summed E-state index contributed by atoms with van der Waals surface area (Å²) in [5.41, 5.74) is 0.131. The largest absolute Gasteiger partial charge is 0.318 e. The lowest BCUT2D eigenvalue weighted by atomic mass is 9.93. The van der Waals surface area contributed by atoms with Crippen LogP contribution in [0, 0.1) is 5.41 Å². The lowest BCUT2D eigenvalue weighted by Crippen LogP contribution is -2.40. The van der Waals surface area contributed by atoms with Gasteiger partial charge in [-0.15, -0.1) is 0 Å². The molecule has 0 aromatic heterocycles. The third-order valence-corrected chi connectivity index (χ3v) is 5.22. The van der Waals surface area contributed by atoms with Crippen molar-refractivity contribution in [3.63, 3.8) is 0 Å². The van der Waals surface area contributed by atoms with Crippen LogP contribution in [0.1, 0.15) is 27.2 Å². The van der Waals surface area contributed by atoms with Crippen molar-refractivity contribution in [3.05, 3.63) is 0 Å². The second-order valence-electron chi connectivity index (χ2n) is 5.16. The number of nitrogens with zero attached hydrogens (tertiary/aromatic N) is 1. The normalized spacial score (nSPS) is 24.3. The average molecular weight is 234 g/mol. The first-order valence-electron chi connectivity index (χ1n) is 5.43. The molecule has 0 amide bonds. The van der Waals surface area contributed by atoms with Gasteiger partial charge in [-0.3, -0.25) is 0 Å². The maximum atomic E-state index is 12.1. The van der Waals surface area contributed by atoms with E-state index in [1.807, 2.05) is 0 Å². The highest BCUT2D eigenvalue weighted by Crippen LogP contribution is 2.31. The monoisotopic (exact) mass is 234 g/mol. The third kappa shape index (κ3) is 2.92. The fraction of sp³-hybridized carbons (Fsp3) is 1.00. The van der Waals surface area contributed by atoms with E-state index in [1.54, 1.807) is 18.3 Å². The van der Waals surface area contributed by atoms with Gasteiger partial charge in [0.2, 0.25) is 10.0 Å². The molecule has 1 unspecified atom stereocenters. The maximum Gasteiger partial charge on any atom is 0.217 e. The molecule has 1 rings (SSSR count). The minimum atomic E-state index is -3.10. The standard InChI is InChI=1S/C10H22N2O2S/c1-9(7-11-4)15(13,14)12-6-5-10(2,3)8-12/h9,11H,5-8H2,1-4H3. The van der Waals surface area contributed by atoms with Crippen molar-refractivity contribution in [2.75, 3.05) is 26.7 Å². The van der Waals surface area contributed by atoms with E-state index in [1.165, 1.54) is 0 Å². The van der Waals surface area contributed by atoms with Crippen LogP contribution in [0.3, 0.4) is 0 Å². The minimum absolute atomic E-state index is 0.131. The smallest absolute Gasteiger partial charge is 0.217 e. The Kier molecular flexibility index (Phi) is 3.79. The molecule has 0 radical (unpaired) electrons. The molecule has 1 aliphatic rings. The molecule has 1 aliphatic heterocycles. The van der Waals surface area contributed by atoms with Crippen LogP contribution in [0.15, 0.2) is 0 Å². The third-order valence-electron chi connectivity index (χ3n) is 3.00. The zero-order valence-electron chi connectivity index (χ0n) is 10.1. The Morgan fingerprint density at radius 1 is 1.47 bits per heavy atom. The van der Waals surface area contributed by atoms with Crippen molar-refractivity contribution in [1.29, 1.82) is 0 Å². The van der Waals surface area contributed by atoms with Crippen LogP contribution in [0.2, 0.25) is 0 Å². The summed E-state index contributed by atoms with van der Waals surface area (Å²) in [5, 5.41) is 2.58. The van der Waals surface area contributed by atoms with Crippen molar-refractivity contribution in [3.8, 4) is 0 Å². The van der Waals surface area contributed by atoms with Crippen LogP contribution in [0.5, 0.6) is 0 Å². The zero-order valence-corrected chi connectivity index (χ0v) is 10.9. The molecule has 1 heterocycles. The molecule has 0 aromatic carbocycles. The van der Waals surface area contributed by atoms with Gasteiger partial charge in [0.15, 0.2) is 0 Å². The molecule has 0 saturated carbocycles. The van der Waals surface area contributed by atoms with Crippen molar-refractivity contribution >= 4 is 10.0 Å². The lowest BCUT2D eigenvalue weighted by Gasteiger charge is -2.23.